The third kappa shape index (κ3) is 3.85. The van der Waals surface area contributed by atoms with Crippen LogP contribution >= 0.6 is 0 Å². The van der Waals surface area contributed by atoms with E-state index in [1.54, 1.807) is 13.2 Å². The van der Waals surface area contributed by atoms with Crippen LogP contribution in [0, 0.1) is 0 Å². The normalized spacial score (nSPS) is 10.5. The lowest BCUT2D eigenvalue weighted by Gasteiger charge is -2.11. The van der Waals surface area contributed by atoms with Crippen LogP contribution in [0.4, 0.5) is 0 Å². The van der Waals surface area contributed by atoms with E-state index in [4.69, 9.17) is 15.2 Å². The number of aryl methyl sites for hydroxylation is 1. The predicted molar refractivity (Wildman–Crippen MR) is 85.4 cm³/mol. The summed E-state index contributed by atoms with van der Waals surface area (Å²) >= 11 is 0. The van der Waals surface area contributed by atoms with Crippen molar-refractivity contribution in [1.29, 1.82) is 0 Å². The molecule has 0 unspecified atom stereocenters. The maximum absolute atomic E-state index is 11.8. The van der Waals surface area contributed by atoms with Gasteiger partial charge in [-0.3, -0.25) is 4.79 Å². The highest BCUT2D eigenvalue weighted by molar-refractivity contribution is 5.61. The van der Waals surface area contributed by atoms with Gasteiger partial charge in [-0.2, -0.15) is 0 Å². The number of nitrogens with zero attached hydrogens (tertiary/aromatic N) is 1. The van der Waals surface area contributed by atoms with Crippen LogP contribution in [-0.2, 0) is 6.42 Å². The second-order valence-corrected chi connectivity index (χ2v) is 4.78. The van der Waals surface area contributed by atoms with E-state index in [1.807, 2.05) is 19.1 Å². The standard InChI is InChI=1S/C16H21N3O3/c1-3-22-13-7-6-11(9-14(13)21-2)16-18-12(5-4-8-17)10-15(20)19-16/h6-7,9-10H,3-5,8,17H2,1-2H3,(H,18,19,20). The molecular formula is C16H21N3O3. The first-order valence-corrected chi connectivity index (χ1v) is 7.29. The van der Waals surface area contributed by atoms with Crippen LogP contribution in [-0.4, -0.2) is 30.2 Å². The summed E-state index contributed by atoms with van der Waals surface area (Å²) in [7, 11) is 1.58. The summed E-state index contributed by atoms with van der Waals surface area (Å²) in [5.41, 5.74) is 6.83. The fraction of sp³-hybridized carbons (Fsp3) is 0.375. The van der Waals surface area contributed by atoms with E-state index in [9.17, 15) is 4.79 Å². The fourth-order valence-electron chi connectivity index (χ4n) is 2.15. The SMILES string of the molecule is CCOc1ccc(-c2nc(CCCN)cc(=O)[nH]2)cc1OC. The third-order valence-corrected chi connectivity index (χ3v) is 3.17. The van der Waals surface area contributed by atoms with Gasteiger partial charge in [0.2, 0.25) is 0 Å². The number of hydrogen-bond donors (Lipinski definition) is 2. The summed E-state index contributed by atoms with van der Waals surface area (Å²) in [6, 6.07) is 6.96. The quantitative estimate of drug-likeness (QED) is 0.813. The minimum absolute atomic E-state index is 0.176. The van der Waals surface area contributed by atoms with Crippen molar-refractivity contribution in [1.82, 2.24) is 9.97 Å². The largest absolute Gasteiger partial charge is 0.493 e. The van der Waals surface area contributed by atoms with Gasteiger partial charge in [0.15, 0.2) is 11.5 Å². The fourth-order valence-corrected chi connectivity index (χ4v) is 2.15. The minimum Gasteiger partial charge on any atom is -0.493 e. The van der Waals surface area contributed by atoms with E-state index in [0.29, 0.717) is 36.9 Å². The maximum Gasteiger partial charge on any atom is 0.251 e. The zero-order chi connectivity index (χ0) is 15.9. The molecule has 2 rings (SSSR count). The molecule has 1 aromatic carbocycles. The number of methoxy groups -OCH3 is 1. The Hall–Kier alpha value is -2.34. The molecule has 0 atom stereocenters. The Morgan fingerprint density at radius 2 is 2.09 bits per heavy atom. The first-order chi connectivity index (χ1) is 10.7. The zero-order valence-electron chi connectivity index (χ0n) is 12.9. The number of nitrogens with one attached hydrogen (secondary N) is 1. The van der Waals surface area contributed by atoms with E-state index in [-0.39, 0.29) is 5.56 Å². The van der Waals surface area contributed by atoms with Crippen molar-refractivity contribution in [2.24, 2.45) is 5.73 Å². The smallest absolute Gasteiger partial charge is 0.251 e. The first kappa shape index (κ1) is 16.0. The molecule has 0 bridgehead atoms. The molecule has 118 valence electrons. The lowest BCUT2D eigenvalue weighted by Crippen LogP contribution is -2.11. The summed E-state index contributed by atoms with van der Waals surface area (Å²) in [4.78, 5) is 19.0. The van der Waals surface area contributed by atoms with Gasteiger partial charge in [0.05, 0.1) is 13.7 Å². The molecule has 1 heterocycles. The van der Waals surface area contributed by atoms with Crippen LogP contribution in [0.25, 0.3) is 11.4 Å². The number of nitrogens with two attached hydrogens (primary N) is 1. The van der Waals surface area contributed by atoms with Crippen molar-refractivity contribution in [3.05, 3.63) is 40.3 Å². The number of benzene rings is 1. The van der Waals surface area contributed by atoms with Crippen LogP contribution < -0.4 is 20.8 Å². The van der Waals surface area contributed by atoms with E-state index in [2.05, 4.69) is 9.97 Å². The summed E-state index contributed by atoms with van der Waals surface area (Å²) in [5.74, 6) is 1.78. The molecule has 1 aromatic heterocycles. The number of H-pyrrole nitrogens is 1. The number of hydrogen-bond acceptors (Lipinski definition) is 5. The highest BCUT2D eigenvalue weighted by Gasteiger charge is 2.09. The van der Waals surface area contributed by atoms with Crippen molar-refractivity contribution in [2.75, 3.05) is 20.3 Å². The molecule has 0 radical (unpaired) electrons. The number of aromatic nitrogens is 2. The summed E-state index contributed by atoms with van der Waals surface area (Å²) in [6.07, 6.45) is 1.48. The highest BCUT2D eigenvalue weighted by atomic mass is 16.5. The van der Waals surface area contributed by atoms with Gasteiger partial charge >= 0.3 is 0 Å². The lowest BCUT2D eigenvalue weighted by molar-refractivity contribution is 0.311. The molecule has 0 fully saturated rings. The van der Waals surface area contributed by atoms with Crippen molar-refractivity contribution >= 4 is 0 Å². The molecule has 3 N–H and O–H groups in total. The molecule has 0 amide bonds. The maximum atomic E-state index is 11.8. The van der Waals surface area contributed by atoms with Crippen LogP contribution in [0.15, 0.2) is 29.1 Å². The molecule has 0 spiro atoms. The minimum atomic E-state index is -0.176. The number of ether oxygens (including phenoxy) is 2. The summed E-state index contributed by atoms with van der Waals surface area (Å²) in [6.45, 7) is 3.04. The van der Waals surface area contributed by atoms with Crippen LogP contribution in [0.1, 0.15) is 19.0 Å². The second-order valence-electron chi connectivity index (χ2n) is 4.78. The Bertz CT molecular complexity index is 683. The topological polar surface area (TPSA) is 90.2 Å². The van der Waals surface area contributed by atoms with E-state index >= 15 is 0 Å². The summed E-state index contributed by atoms with van der Waals surface area (Å²) in [5, 5.41) is 0. The Morgan fingerprint density at radius 3 is 2.77 bits per heavy atom. The van der Waals surface area contributed by atoms with Gasteiger partial charge in [0.25, 0.3) is 5.56 Å². The van der Waals surface area contributed by atoms with Crippen LogP contribution in [0.3, 0.4) is 0 Å². The predicted octanol–water partition coefficient (Wildman–Crippen LogP) is 1.74. The molecule has 2 aromatic rings. The third-order valence-electron chi connectivity index (χ3n) is 3.17. The number of aromatic amines is 1. The van der Waals surface area contributed by atoms with E-state index in [0.717, 1.165) is 17.7 Å². The Morgan fingerprint density at radius 1 is 1.27 bits per heavy atom. The Balaban J connectivity index is 2.38. The monoisotopic (exact) mass is 303 g/mol. The van der Waals surface area contributed by atoms with Crippen LogP contribution in [0.2, 0.25) is 0 Å². The van der Waals surface area contributed by atoms with Crippen molar-refractivity contribution in [3.63, 3.8) is 0 Å². The van der Waals surface area contributed by atoms with E-state index < -0.39 is 0 Å². The van der Waals surface area contributed by atoms with Gasteiger partial charge in [-0.05, 0) is 44.5 Å². The average molecular weight is 303 g/mol. The molecule has 0 aliphatic rings. The lowest BCUT2D eigenvalue weighted by atomic mass is 10.1. The molecular weight excluding hydrogens is 282 g/mol. The average Bonchev–Trinajstić information content (AvgIpc) is 2.53. The van der Waals surface area contributed by atoms with Crippen LogP contribution in [0.5, 0.6) is 11.5 Å². The molecule has 0 saturated heterocycles. The molecule has 6 heteroatoms. The molecule has 0 saturated carbocycles. The Labute approximate surface area is 129 Å². The molecule has 6 nitrogen and oxygen atoms in total. The van der Waals surface area contributed by atoms with Gasteiger partial charge in [0, 0.05) is 17.3 Å². The highest BCUT2D eigenvalue weighted by Crippen LogP contribution is 2.31. The van der Waals surface area contributed by atoms with Gasteiger partial charge in [-0.1, -0.05) is 0 Å². The van der Waals surface area contributed by atoms with Crippen molar-refractivity contribution in [3.8, 4) is 22.9 Å². The molecule has 22 heavy (non-hydrogen) atoms. The molecule has 0 aliphatic carbocycles. The van der Waals surface area contributed by atoms with Gasteiger partial charge in [0.1, 0.15) is 5.82 Å². The van der Waals surface area contributed by atoms with E-state index in [1.165, 1.54) is 6.07 Å². The van der Waals surface area contributed by atoms with Gasteiger partial charge in [-0.25, -0.2) is 4.98 Å². The summed E-state index contributed by atoms with van der Waals surface area (Å²) < 4.78 is 10.8. The van der Waals surface area contributed by atoms with Crippen molar-refractivity contribution < 1.29 is 9.47 Å². The van der Waals surface area contributed by atoms with Gasteiger partial charge in [-0.15, -0.1) is 0 Å². The Kier molecular flexibility index (Phi) is 5.55. The van der Waals surface area contributed by atoms with Crippen molar-refractivity contribution in [2.45, 2.75) is 19.8 Å². The first-order valence-electron chi connectivity index (χ1n) is 7.29. The number of rotatable bonds is 7. The van der Waals surface area contributed by atoms with Gasteiger partial charge < -0.3 is 20.2 Å². The molecule has 0 aliphatic heterocycles. The second kappa shape index (κ2) is 7.61. The zero-order valence-corrected chi connectivity index (χ0v) is 12.9.